The van der Waals surface area contributed by atoms with Crippen LogP contribution in [0.4, 0.5) is 0 Å². The van der Waals surface area contributed by atoms with Gasteiger partial charge in [-0.2, -0.15) is 0 Å². The topological polar surface area (TPSA) is 0 Å². The first-order valence-electron chi connectivity index (χ1n) is 3.10. The van der Waals surface area contributed by atoms with E-state index in [9.17, 15) is 0 Å². The van der Waals surface area contributed by atoms with Crippen LogP contribution in [0.2, 0.25) is 0 Å². The summed E-state index contributed by atoms with van der Waals surface area (Å²) in [7, 11) is 0. The smallest absolute Gasteiger partial charge is 0.0296 e. The molecule has 0 aliphatic rings. The van der Waals surface area contributed by atoms with Gasteiger partial charge in [-0.1, -0.05) is 23.3 Å². The van der Waals surface area contributed by atoms with E-state index < -0.39 is 0 Å². The molecule has 0 radical (unpaired) electrons. The Kier molecular flexibility index (Phi) is 4.80. The molecule has 0 rings (SSSR count). The van der Waals surface area contributed by atoms with E-state index in [1.807, 2.05) is 26.0 Å². The number of halogens is 1. The summed E-state index contributed by atoms with van der Waals surface area (Å²) >= 11 is 5.59. The zero-order valence-corrected chi connectivity index (χ0v) is 7.07. The van der Waals surface area contributed by atoms with Gasteiger partial charge >= 0.3 is 0 Å². The highest BCUT2D eigenvalue weighted by molar-refractivity contribution is 6.29. The average molecular weight is 155 g/mol. The molecule has 0 bridgehead atoms. The lowest BCUT2D eigenvalue weighted by Crippen LogP contribution is -1.70. The second kappa shape index (κ2) is 5.14. The highest BCUT2D eigenvalue weighted by Crippen LogP contribution is 2.02. The summed E-state index contributed by atoms with van der Waals surface area (Å²) in [6.45, 7) is 3.82. The molecule has 54 valence electrons. The number of allylic oxidation sites excluding steroid dienone is 4. The first-order chi connectivity index (χ1) is 4.66. The van der Waals surface area contributed by atoms with Crippen LogP contribution < -0.4 is 0 Å². The Hall–Kier alpha value is -0.670. The Morgan fingerprint density at radius 1 is 1.50 bits per heavy atom. The molecule has 0 spiro atoms. The highest BCUT2D eigenvalue weighted by Gasteiger charge is 1.81. The van der Waals surface area contributed by atoms with Crippen molar-refractivity contribution in [3.05, 3.63) is 22.8 Å². The van der Waals surface area contributed by atoms with Crippen molar-refractivity contribution in [3.63, 3.8) is 0 Å². The number of terminal acetylenes is 1. The fourth-order valence-electron chi connectivity index (χ4n) is 0.477. The summed E-state index contributed by atoms with van der Waals surface area (Å²) in [5, 5.41) is 0.774. The monoisotopic (exact) mass is 154 g/mol. The van der Waals surface area contributed by atoms with Crippen LogP contribution in [-0.2, 0) is 0 Å². The molecule has 1 heteroatoms. The van der Waals surface area contributed by atoms with Gasteiger partial charge in [0.25, 0.3) is 0 Å². The zero-order chi connectivity index (χ0) is 7.98. The quantitative estimate of drug-likeness (QED) is 0.424. The molecule has 0 saturated heterocycles. The van der Waals surface area contributed by atoms with Crippen LogP contribution in [-0.4, -0.2) is 0 Å². The number of hydrogen-bond acceptors (Lipinski definition) is 0. The predicted molar refractivity (Wildman–Crippen MR) is 46.8 cm³/mol. The molecule has 0 aromatic rings. The van der Waals surface area contributed by atoms with Crippen molar-refractivity contribution in [1.29, 1.82) is 0 Å². The van der Waals surface area contributed by atoms with E-state index in [4.69, 9.17) is 18.0 Å². The summed E-state index contributed by atoms with van der Waals surface area (Å²) < 4.78 is 0. The predicted octanol–water partition coefficient (Wildman–Crippen LogP) is 3.10. The van der Waals surface area contributed by atoms with Gasteiger partial charge in [-0.25, -0.2) is 0 Å². The molecule has 0 aliphatic carbocycles. The van der Waals surface area contributed by atoms with Gasteiger partial charge in [0.1, 0.15) is 0 Å². The molecular weight excluding hydrogens is 144 g/mol. The minimum absolute atomic E-state index is 0.695. The van der Waals surface area contributed by atoms with Crippen molar-refractivity contribution in [2.24, 2.45) is 0 Å². The van der Waals surface area contributed by atoms with Crippen LogP contribution in [0.5, 0.6) is 0 Å². The normalized spacial score (nSPS) is 13.0. The third-order valence-corrected chi connectivity index (χ3v) is 1.10. The van der Waals surface area contributed by atoms with Crippen LogP contribution in [0, 0.1) is 12.3 Å². The lowest BCUT2D eigenvalue weighted by Gasteiger charge is -1.88. The van der Waals surface area contributed by atoms with Gasteiger partial charge in [-0.15, -0.1) is 12.3 Å². The van der Waals surface area contributed by atoms with E-state index in [0.717, 1.165) is 10.6 Å². The highest BCUT2D eigenvalue weighted by atomic mass is 35.5. The van der Waals surface area contributed by atoms with E-state index in [0.29, 0.717) is 6.42 Å². The maximum Gasteiger partial charge on any atom is 0.0296 e. The van der Waals surface area contributed by atoms with Gasteiger partial charge in [0, 0.05) is 11.5 Å². The van der Waals surface area contributed by atoms with Gasteiger partial charge in [0.2, 0.25) is 0 Å². The molecule has 0 unspecified atom stereocenters. The molecule has 0 heterocycles. The van der Waals surface area contributed by atoms with Gasteiger partial charge in [0.15, 0.2) is 0 Å². The lowest BCUT2D eigenvalue weighted by molar-refractivity contribution is 1.25. The zero-order valence-electron chi connectivity index (χ0n) is 6.32. The Morgan fingerprint density at radius 2 is 2.10 bits per heavy atom. The standard InChI is InChI=1S/C9H11Cl/c1-4-5-8(2)6-7-9(3)10/h1,6-7H,5H2,2-3H3/b8-6-,9-7+. The molecule has 0 aromatic carbocycles. The van der Waals surface area contributed by atoms with E-state index in [-0.39, 0.29) is 0 Å². The Bertz CT molecular complexity index is 187. The van der Waals surface area contributed by atoms with E-state index in [2.05, 4.69) is 5.92 Å². The molecule has 0 fully saturated rings. The fourth-order valence-corrected chi connectivity index (χ4v) is 0.540. The molecule has 0 aromatic heterocycles. The van der Waals surface area contributed by atoms with Gasteiger partial charge in [-0.3, -0.25) is 0 Å². The molecule has 0 nitrogen and oxygen atoms in total. The maximum atomic E-state index is 5.59. The van der Waals surface area contributed by atoms with Gasteiger partial charge in [0.05, 0.1) is 0 Å². The molecule has 10 heavy (non-hydrogen) atoms. The fraction of sp³-hybridized carbons (Fsp3) is 0.333. The average Bonchev–Trinajstić information content (AvgIpc) is 1.85. The third kappa shape index (κ3) is 5.47. The minimum Gasteiger partial charge on any atom is -0.120 e. The lowest BCUT2D eigenvalue weighted by atomic mass is 10.2. The Balaban J connectivity index is 3.95. The second-order valence-corrected chi connectivity index (χ2v) is 2.74. The summed E-state index contributed by atoms with van der Waals surface area (Å²) in [4.78, 5) is 0. The third-order valence-electron chi connectivity index (χ3n) is 0.978. The van der Waals surface area contributed by atoms with Crippen molar-refractivity contribution in [2.45, 2.75) is 20.3 Å². The summed E-state index contributed by atoms with van der Waals surface area (Å²) in [6.07, 6.45) is 9.56. The molecule has 0 aliphatic heterocycles. The first-order valence-corrected chi connectivity index (χ1v) is 3.47. The van der Waals surface area contributed by atoms with Crippen molar-refractivity contribution in [2.75, 3.05) is 0 Å². The molecule has 0 saturated carbocycles. The van der Waals surface area contributed by atoms with Crippen molar-refractivity contribution in [1.82, 2.24) is 0 Å². The Labute approximate surface area is 67.6 Å². The van der Waals surface area contributed by atoms with Crippen LogP contribution in [0.15, 0.2) is 22.8 Å². The molecule has 0 N–H and O–H groups in total. The van der Waals surface area contributed by atoms with Crippen LogP contribution in [0.25, 0.3) is 0 Å². The van der Waals surface area contributed by atoms with Gasteiger partial charge in [-0.05, 0) is 19.9 Å². The van der Waals surface area contributed by atoms with Crippen molar-refractivity contribution in [3.8, 4) is 12.3 Å². The summed E-state index contributed by atoms with van der Waals surface area (Å²) in [6, 6.07) is 0. The van der Waals surface area contributed by atoms with Gasteiger partial charge < -0.3 is 0 Å². The second-order valence-electron chi connectivity index (χ2n) is 2.15. The van der Waals surface area contributed by atoms with Crippen LogP contribution in [0.3, 0.4) is 0 Å². The number of hydrogen-bond donors (Lipinski definition) is 0. The van der Waals surface area contributed by atoms with E-state index in [1.165, 1.54) is 0 Å². The largest absolute Gasteiger partial charge is 0.120 e. The maximum absolute atomic E-state index is 5.59. The summed E-state index contributed by atoms with van der Waals surface area (Å²) in [5.74, 6) is 2.55. The van der Waals surface area contributed by atoms with Crippen LogP contribution >= 0.6 is 11.6 Å². The molecule has 0 atom stereocenters. The van der Waals surface area contributed by atoms with E-state index >= 15 is 0 Å². The molecular formula is C9H11Cl. The van der Waals surface area contributed by atoms with Crippen LogP contribution in [0.1, 0.15) is 20.3 Å². The number of rotatable bonds is 2. The summed E-state index contributed by atoms with van der Waals surface area (Å²) in [5.41, 5.74) is 1.16. The molecule has 0 amide bonds. The SMILES string of the molecule is C#CC/C(C)=C\C=C(/C)Cl. The van der Waals surface area contributed by atoms with E-state index in [1.54, 1.807) is 0 Å². The first kappa shape index (κ1) is 9.33. The minimum atomic E-state index is 0.695. The Morgan fingerprint density at radius 3 is 2.50 bits per heavy atom. The van der Waals surface area contributed by atoms with Crippen molar-refractivity contribution >= 4 is 11.6 Å². The van der Waals surface area contributed by atoms with Crippen molar-refractivity contribution < 1.29 is 0 Å².